The standard InChI is InChI=1S/C24H40N2O3S/c1-5-7-12-21(27)24(3,4)19-14-16-20(17-15-19)26(22(30)6-2)25-18-11-9-8-10-13-23(28)29/h14-17,21,25,27H,5-13,18H2,1-4H3,(H,28,29). The van der Waals surface area contributed by atoms with Crippen molar-refractivity contribution in [2.75, 3.05) is 11.6 Å². The van der Waals surface area contributed by atoms with Crippen LogP contribution in [-0.2, 0) is 10.2 Å². The number of anilines is 1. The van der Waals surface area contributed by atoms with Gasteiger partial charge in [-0.1, -0.05) is 77.7 Å². The summed E-state index contributed by atoms with van der Waals surface area (Å²) in [6.07, 6.45) is 7.19. The Balaban J connectivity index is 2.69. The Hall–Kier alpha value is -1.50. The summed E-state index contributed by atoms with van der Waals surface area (Å²) in [5.41, 5.74) is 5.24. The van der Waals surface area contributed by atoms with Crippen molar-refractivity contribution in [1.29, 1.82) is 0 Å². The average Bonchev–Trinajstić information content (AvgIpc) is 2.73. The number of unbranched alkanes of at least 4 members (excludes halogenated alkanes) is 4. The van der Waals surface area contributed by atoms with E-state index in [0.29, 0.717) is 0 Å². The lowest BCUT2D eigenvalue weighted by molar-refractivity contribution is -0.137. The number of carbonyl (C=O) groups is 1. The van der Waals surface area contributed by atoms with Crippen LogP contribution in [-0.4, -0.2) is 33.8 Å². The van der Waals surface area contributed by atoms with Crippen LogP contribution >= 0.6 is 12.2 Å². The van der Waals surface area contributed by atoms with Crippen molar-refractivity contribution in [3.05, 3.63) is 29.8 Å². The first kappa shape index (κ1) is 26.5. The number of hydrazine groups is 1. The first-order valence-electron chi connectivity index (χ1n) is 11.3. The van der Waals surface area contributed by atoms with Crippen LogP contribution in [0.3, 0.4) is 0 Å². The minimum atomic E-state index is -0.725. The molecule has 30 heavy (non-hydrogen) atoms. The number of carboxylic acid groups (broad SMARTS) is 1. The van der Waals surface area contributed by atoms with Gasteiger partial charge >= 0.3 is 5.97 Å². The van der Waals surface area contributed by atoms with Gasteiger partial charge < -0.3 is 10.2 Å². The number of thiocarbonyl (C=S) groups is 1. The van der Waals surface area contributed by atoms with Crippen molar-refractivity contribution in [2.45, 2.75) is 97.0 Å². The van der Waals surface area contributed by atoms with Crippen LogP contribution in [0.2, 0.25) is 0 Å². The molecular formula is C24H40N2O3S. The van der Waals surface area contributed by atoms with Gasteiger partial charge in [0.2, 0.25) is 0 Å². The number of benzene rings is 1. The van der Waals surface area contributed by atoms with Crippen LogP contribution in [0, 0.1) is 0 Å². The zero-order chi connectivity index (χ0) is 22.6. The smallest absolute Gasteiger partial charge is 0.303 e. The second kappa shape index (κ2) is 13.7. The molecule has 1 aromatic carbocycles. The van der Waals surface area contributed by atoms with Crippen LogP contribution in [0.4, 0.5) is 5.69 Å². The molecule has 5 nitrogen and oxygen atoms in total. The molecule has 0 saturated heterocycles. The van der Waals surface area contributed by atoms with E-state index in [-0.39, 0.29) is 17.9 Å². The normalized spacial score (nSPS) is 12.6. The molecule has 170 valence electrons. The van der Waals surface area contributed by atoms with Gasteiger partial charge in [-0.2, -0.15) is 0 Å². The van der Waals surface area contributed by atoms with E-state index in [9.17, 15) is 9.90 Å². The second-order valence-corrected chi connectivity index (χ2v) is 8.95. The Morgan fingerprint density at radius 1 is 1.10 bits per heavy atom. The summed E-state index contributed by atoms with van der Waals surface area (Å²) in [4.78, 5) is 11.4. The fraction of sp³-hybridized carbons (Fsp3) is 0.667. The monoisotopic (exact) mass is 436 g/mol. The Bertz CT molecular complexity index is 646. The first-order chi connectivity index (χ1) is 14.2. The Morgan fingerprint density at radius 3 is 2.30 bits per heavy atom. The molecule has 0 amide bonds. The molecule has 1 rings (SSSR count). The highest BCUT2D eigenvalue weighted by Crippen LogP contribution is 2.31. The van der Waals surface area contributed by atoms with E-state index < -0.39 is 5.97 Å². The topological polar surface area (TPSA) is 72.8 Å². The van der Waals surface area contributed by atoms with E-state index in [4.69, 9.17) is 17.3 Å². The van der Waals surface area contributed by atoms with E-state index >= 15 is 0 Å². The van der Waals surface area contributed by atoms with E-state index in [0.717, 1.165) is 74.2 Å². The van der Waals surface area contributed by atoms with Gasteiger partial charge in [0, 0.05) is 18.4 Å². The molecule has 0 fully saturated rings. The number of nitrogens with zero attached hydrogens (tertiary/aromatic N) is 1. The molecular weight excluding hydrogens is 396 g/mol. The van der Waals surface area contributed by atoms with E-state index in [1.165, 1.54) is 0 Å². The van der Waals surface area contributed by atoms with Crippen molar-refractivity contribution < 1.29 is 15.0 Å². The molecule has 0 heterocycles. The van der Waals surface area contributed by atoms with Crippen molar-refractivity contribution >= 4 is 28.9 Å². The maximum atomic E-state index is 10.6. The quantitative estimate of drug-likeness (QED) is 0.189. The molecule has 0 aliphatic carbocycles. The van der Waals surface area contributed by atoms with Crippen LogP contribution in [0.5, 0.6) is 0 Å². The fourth-order valence-electron chi connectivity index (χ4n) is 3.42. The molecule has 3 N–H and O–H groups in total. The minimum Gasteiger partial charge on any atom is -0.481 e. The summed E-state index contributed by atoms with van der Waals surface area (Å²) in [5.74, 6) is -0.725. The molecule has 1 aromatic rings. The van der Waals surface area contributed by atoms with E-state index in [2.05, 4.69) is 50.5 Å². The van der Waals surface area contributed by atoms with Gasteiger partial charge in [0.1, 0.15) is 0 Å². The van der Waals surface area contributed by atoms with E-state index in [1.54, 1.807) is 0 Å². The zero-order valence-electron chi connectivity index (χ0n) is 19.1. The lowest BCUT2D eigenvalue weighted by Gasteiger charge is -2.32. The minimum absolute atomic E-state index is 0.245. The predicted molar refractivity (Wildman–Crippen MR) is 129 cm³/mol. The highest BCUT2D eigenvalue weighted by Gasteiger charge is 2.29. The number of nitrogens with one attached hydrogen (secondary N) is 1. The number of aliphatic carboxylic acids is 1. The number of carboxylic acids is 1. The van der Waals surface area contributed by atoms with Crippen LogP contribution in [0.25, 0.3) is 0 Å². The number of aliphatic hydroxyl groups is 1. The summed E-state index contributed by atoms with van der Waals surface area (Å²) >= 11 is 5.56. The molecule has 6 heteroatoms. The number of rotatable bonds is 15. The maximum absolute atomic E-state index is 10.6. The van der Waals surface area contributed by atoms with Crippen molar-refractivity contribution in [2.24, 2.45) is 0 Å². The number of hydrogen-bond donors (Lipinski definition) is 3. The highest BCUT2D eigenvalue weighted by molar-refractivity contribution is 7.80. The predicted octanol–water partition coefficient (Wildman–Crippen LogP) is 5.60. The van der Waals surface area contributed by atoms with Crippen LogP contribution < -0.4 is 10.4 Å². The molecule has 0 aromatic heterocycles. The zero-order valence-corrected chi connectivity index (χ0v) is 19.9. The van der Waals surface area contributed by atoms with Gasteiger partial charge in [0.15, 0.2) is 0 Å². The third kappa shape index (κ3) is 8.70. The maximum Gasteiger partial charge on any atom is 0.303 e. The van der Waals surface area contributed by atoms with Gasteiger partial charge in [-0.3, -0.25) is 9.80 Å². The third-order valence-electron chi connectivity index (χ3n) is 5.67. The molecule has 1 unspecified atom stereocenters. The summed E-state index contributed by atoms with van der Waals surface area (Å²) in [5, 5.41) is 21.3. The lowest BCUT2D eigenvalue weighted by atomic mass is 9.77. The van der Waals surface area contributed by atoms with Crippen molar-refractivity contribution in [3.63, 3.8) is 0 Å². The second-order valence-electron chi connectivity index (χ2n) is 8.48. The molecule has 0 aliphatic rings. The molecule has 0 saturated carbocycles. The lowest BCUT2D eigenvalue weighted by Crippen LogP contribution is -2.42. The summed E-state index contributed by atoms with van der Waals surface area (Å²) in [7, 11) is 0. The fourth-order valence-corrected chi connectivity index (χ4v) is 3.59. The number of hydrogen-bond acceptors (Lipinski definition) is 4. The average molecular weight is 437 g/mol. The largest absolute Gasteiger partial charge is 0.481 e. The Morgan fingerprint density at radius 2 is 1.73 bits per heavy atom. The summed E-state index contributed by atoms with van der Waals surface area (Å²) < 4.78 is 0. The summed E-state index contributed by atoms with van der Waals surface area (Å²) in [6, 6.07) is 8.30. The third-order valence-corrected chi connectivity index (χ3v) is 6.14. The molecule has 1 atom stereocenters. The highest BCUT2D eigenvalue weighted by atomic mass is 32.1. The molecule has 0 radical (unpaired) electrons. The van der Waals surface area contributed by atoms with Gasteiger partial charge in [-0.05, 0) is 43.4 Å². The summed E-state index contributed by atoms with van der Waals surface area (Å²) in [6.45, 7) is 9.17. The van der Waals surface area contributed by atoms with Gasteiger partial charge in [0.05, 0.1) is 16.8 Å². The van der Waals surface area contributed by atoms with Gasteiger partial charge in [-0.15, -0.1) is 0 Å². The first-order valence-corrected chi connectivity index (χ1v) is 11.7. The molecule has 0 spiro atoms. The SMILES string of the molecule is CCCCC(O)C(C)(C)c1ccc(N(NCCCCCCC(=O)O)C(=S)CC)cc1. The van der Waals surface area contributed by atoms with Gasteiger partial charge in [0.25, 0.3) is 0 Å². The molecule has 0 aliphatic heterocycles. The van der Waals surface area contributed by atoms with Crippen molar-refractivity contribution in [1.82, 2.24) is 5.43 Å². The Labute approximate surface area is 187 Å². The van der Waals surface area contributed by atoms with Crippen molar-refractivity contribution in [3.8, 4) is 0 Å². The number of aliphatic hydroxyl groups excluding tert-OH is 1. The van der Waals surface area contributed by atoms with E-state index in [1.807, 2.05) is 11.9 Å². The Kier molecular flexibility index (Phi) is 12.1. The van der Waals surface area contributed by atoms with Gasteiger partial charge in [-0.25, -0.2) is 5.43 Å². The van der Waals surface area contributed by atoms with Crippen LogP contribution in [0.1, 0.15) is 91.0 Å². The van der Waals surface area contributed by atoms with Crippen LogP contribution in [0.15, 0.2) is 24.3 Å². The molecule has 0 bridgehead atoms.